The van der Waals surface area contributed by atoms with Crippen LogP contribution in [0.5, 0.6) is 5.75 Å². The predicted molar refractivity (Wildman–Crippen MR) is 109 cm³/mol. The van der Waals surface area contributed by atoms with Crippen LogP contribution in [0.25, 0.3) is 0 Å². The SMILES string of the molecule is COCCOCCOc1ccc(N=Nc2ccc(C[C@H](N)C(=O)OC)cc2)cc1. The number of hydrogen-bond acceptors (Lipinski definition) is 8. The van der Waals surface area contributed by atoms with Crippen molar-refractivity contribution in [1.29, 1.82) is 0 Å². The number of ether oxygens (including phenoxy) is 4. The van der Waals surface area contributed by atoms with Crippen LogP contribution in [0.1, 0.15) is 5.56 Å². The summed E-state index contributed by atoms with van der Waals surface area (Å²) < 4.78 is 20.5. The van der Waals surface area contributed by atoms with Gasteiger partial charge < -0.3 is 24.7 Å². The molecular weight excluding hydrogens is 374 g/mol. The van der Waals surface area contributed by atoms with Crippen LogP contribution >= 0.6 is 0 Å². The summed E-state index contributed by atoms with van der Waals surface area (Å²) in [6.07, 6.45) is 0.406. The molecule has 2 aromatic rings. The Morgan fingerprint density at radius 1 is 0.897 bits per heavy atom. The third-order valence-corrected chi connectivity index (χ3v) is 3.94. The maximum atomic E-state index is 11.4. The lowest BCUT2D eigenvalue weighted by Gasteiger charge is -2.08. The number of azo groups is 1. The number of nitrogens with two attached hydrogens (primary N) is 1. The molecule has 2 rings (SSSR count). The minimum atomic E-state index is -0.676. The maximum absolute atomic E-state index is 11.4. The van der Waals surface area contributed by atoms with Crippen molar-refractivity contribution in [3.8, 4) is 5.75 Å². The molecule has 8 heteroatoms. The first kappa shape index (κ1) is 22.5. The van der Waals surface area contributed by atoms with Crippen LogP contribution < -0.4 is 10.5 Å². The van der Waals surface area contributed by atoms with E-state index in [-0.39, 0.29) is 0 Å². The van der Waals surface area contributed by atoms with E-state index >= 15 is 0 Å². The first-order chi connectivity index (χ1) is 14.1. The van der Waals surface area contributed by atoms with Gasteiger partial charge in [0.15, 0.2) is 0 Å². The van der Waals surface area contributed by atoms with E-state index in [0.717, 1.165) is 11.3 Å². The summed E-state index contributed by atoms with van der Waals surface area (Å²) in [5.74, 6) is 0.311. The Kier molecular flexibility index (Phi) is 9.77. The molecule has 29 heavy (non-hydrogen) atoms. The molecular formula is C21H27N3O5. The minimum Gasteiger partial charge on any atom is -0.491 e. The molecule has 0 amide bonds. The molecule has 0 aromatic heterocycles. The number of benzene rings is 2. The maximum Gasteiger partial charge on any atom is 0.322 e. The number of carbonyl (C=O) groups excluding carboxylic acids is 1. The molecule has 2 N–H and O–H groups in total. The van der Waals surface area contributed by atoms with Gasteiger partial charge in [0.1, 0.15) is 18.4 Å². The highest BCUT2D eigenvalue weighted by atomic mass is 16.5. The summed E-state index contributed by atoms with van der Waals surface area (Å²) in [4.78, 5) is 11.4. The number of carbonyl (C=O) groups is 1. The molecule has 0 radical (unpaired) electrons. The van der Waals surface area contributed by atoms with Crippen LogP contribution in [0.15, 0.2) is 58.8 Å². The molecule has 0 heterocycles. The second-order valence-electron chi connectivity index (χ2n) is 6.15. The van der Waals surface area contributed by atoms with Crippen molar-refractivity contribution in [2.75, 3.05) is 40.6 Å². The summed E-state index contributed by atoms with van der Waals surface area (Å²) in [6.45, 7) is 2.10. The molecule has 0 aliphatic rings. The quantitative estimate of drug-likeness (QED) is 0.333. The fraction of sp³-hybridized carbons (Fsp3) is 0.381. The first-order valence-corrected chi connectivity index (χ1v) is 9.26. The number of rotatable bonds is 12. The fourth-order valence-electron chi connectivity index (χ4n) is 2.37. The van der Waals surface area contributed by atoms with E-state index in [2.05, 4.69) is 15.0 Å². The normalized spacial score (nSPS) is 12.1. The Morgan fingerprint density at radius 3 is 2.07 bits per heavy atom. The van der Waals surface area contributed by atoms with Crippen LogP contribution in [0, 0.1) is 0 Å². The molecule has 1 atom stereocenters. The second kappa shape index (κ2) is 12.6. The van der Waals surface area contributed by atoms with Gasteiger partial charge in [0.05, 0.1) is 38.3 Å². The van der Waals surface area contributed by atoms with Crippen molar-refractivity contribution in [1.82, 2.24) is 0 Å². The van der Waals surface area contributed by atoms with Crippen molar-refractivity contribution in [3.63, 3.8) is 0 Å². The number of methoxy groups -OCH3 is 2. The van der Waals surface area contributed by atoms with Crippen LogP contribution in [0.2, 0.25) is 0 Å². The van der Waals surface area contributed by atoms with Crippen molar-refractivity contribution in [2.24, 2.45) is 16.0 Å². The smallest absolute Gasteiger partial charge is 0.322 e. The van der Waals surface area contributed by atoms with Crippen molar-refractivity contribution in [3.05, 3.63) is 54.1 Å². The molecule has 0 spiro atoms. The van der Waals surface area contributed by atoms with Gasteiger partial charge in [-0.15, -0.1) is 0 Å². The summed E-state index contributed by atoms with van der Waals surface area (Å²) in [5.41, 5.74) is 8.11. The van der Waals surface area contributed by atoms with Crippen molar-refractivity contribution in [2.45, 2.75) is 12.5 Å². The summed E-state index contributed by atoms with van der Waals surface area (Å²) in [5, 5.41) is 8.42. The molecule has 0 saturated heterocycles. The molecule has 0 bridgehead atoms. The van der Waals surface area contributed by atoms with Gasteiger partial charge in [0, 0.05) is 7.11 Å². The lowest BCUT2D eigenvalue weighted by Crippen LogP contribution is -2.33. The van der Waals surface area contributed by atoms with E-state index in [0.29, 0.717) is 44.2 Å². The van der Waals surface area contributed by atoms with Gasteiger partial charge in [0.25, 0.3) is 0 Å². The third-order valence-electron chi connectivity index (χ3n) is 3.94. The average molecular weight is 401 g/mol. The Balaban J connectivity index is 1.79. The van der Waals surface area contributed by atoms with Gasteiger partial charge in [-0.1, -0.05) is 12.1 Å². The predicted octanol–water partition coefficient (Wildman–Crippen LogP) is 3.19. The lowest BCUT2D eigenvalue weighted by molar-refractivity contribution is -0.142. The highest BCUT2D eigenvalue weighted by Gasteiger charge is 2.13. The monoisotopic (exact) mass is 401 g/mol. The van der Waals surface area contributed by atoms with E-state index in [1.807, 2.05) is 48.5 Å². The first-order valence-electron chi connectivity index (χ1n) is 9.26. The van der Waals surface area contributed by atoms with Gasteiger partial charge in [-0.3, -0.25) is 4.79 Å². The minimum absolute atomic E-state index is 0.406. The Morgan fingerprint density at radius 2 is 1.48 bits per heavy atom. The molecule has 2 aromatic carbocycles. The summed E-state index contributed by atoms with van der Waals surface area (Å²) >= 11 is 0. The molecule has 0 aliphatic carbocycles. The van der Waals surface area contributed by atoms with Crippen LogP contribution in [0.4, 0.5) is 11.4 Å². The van der Waals surface area contributed by atoms with Crippen LogP contribution in [0.3, 0.4) is 0 Å². The van der Waals surface area contributed by atoms with Crippen LogP contribution in [-0.4, -0.2) is 52.7 Å². The van der Waals surface area contributed by atoms with E-state index in [9.17, 15) is 4.79 Å². The molecule has 0 saturated carbocycles. The standard InChI is InChI=1S/C21H27N3O5/c1-26-11-12-28-13-14-29-19-9-7-18(8-10-19)24-23-17-5-3-16(4-6-17)15-20(22)21(25)27-2/h3-10,20H,11-15,22H2,1-2H3/t20-/m0/s1. The zero-order valence-corrected chi connectivity index (χ0v) is 16.7. The van der Waals surface area contributed by atoms with E-state index in [1.54, 1.807) is 7.11 Å². The second-order valence-corrected chi connectivity index (χ2v) is 6.15. The van der Waals surface area contributed by atoms with Gasteiger partial charge in [-0.05, 0) is 48.4 Å². The third kappa shape index (κ3) is 8.39. The highest BCUT2D eigenvalue weighted by molar-refractivity contribution is 5.75. The van der Waals surface area contributed by atoms with Gasteiger partial charge >= 0.3 is 5.97 Å². The number of hydrogen-bond donors (Lipinski definition) is 1. The largest absolute Gasteiger partial charge is 0.491 e. The molecule has 0 aliphatic heterocycles. The Bertz CT molecular complexity index is 763. The Labute approximate surface area is 170 Å². The van der Waals surface area contributed by atoms with Crippen molar-refractivity contribution >= 4 is 17.3 Å². The summed E-state index contributed by atoms with van der Waals surface area (Å²) in [7, 11) is 2.96. The highest BCUT2D eigenvalue weighted by Crippen LogP contribution is 2.21. The van der Waals surface area contributed by atoms with E-state index < -0.39 is 12.0 Å². The summed E-state index contributed by atoms with van der Waals surface area (Å²) in [6, 6.07) is 14.0. The lowest BCUT2D eigenvalue weighted by atomic mass is 10.1. The average Bonchev–Trinajstić information content (AvgIpc) is 2.76. The zero-order chi connectivity index (χ0) is 20.9. The fourth-order valence-corrected chi connectivity index (χ4v) is 2.37. The van der Waals surface area contributed by atoms with Gasteiger partial charge in [0.2, 0.25) is 0 Å². The molecule has 8 nitrogen and oxygen atoms in total. The van der Waals surface area contributed by atoms with Crippen LogP contribution in [-0.2, 0) is 25.4 Å². The van der Waals surface area contributed by atoms with Crippen molar-refractivity contribution < 1.29 is 23.7 Å². The molecule has 156 valence electrons. The van der Waals surface area contributed by atoms with Gasteiger partial charge in [-0.25, -0.2) is 0 Å². The molecule has 0 unspecified atom stereocenters. The van der Waals surface area contributed by atoms with E-state index in [4.69, 9.17) is 19.9 Å². The molecule has 0 fully saturated rings. The topological polar surface area (TPSA) is 105 Å². The zero-order valence-electron chi connectivity index (χ0n) is 16.7. The number of esters is 1. The van der Waals surface area contributed by atoms with E-state index in [1.165, 1.54) is 7.11 Å². The Hall–Kier alpha value is -2.81. The van der Waals surface area contributed by atoms with Gasteiger partial charge in [-0.2, -0.15) is 10.2 Å². The number of nitrogens with zero attached hydrogens (tertiary/aromatic N) is 2.